The maximum absolute atomic E-state index is 13.3. The number of hydrogen-bond acceptors (Lipinski definition) is 2. The number of halogens is 1. The molecule has 0 amide bonds. The van der Waals surface area contributed by atoms with E-state index in [1.54, 1.807) is 18.2 Å². The Balaban J connectivity index is 2.46. The number of benzene rings is 1. The molecule has 0 aliphatic carbocycles. The monoisotopic (exact) mass is 225 g/mol. The quantitative estimate of drug-likeness (QED) is 0.822. The minimum atomic E-state index is -0.559. The van der Waals surface area contributed by atoms with Gasteiger partial charge >= 0.3 is 0 Å². The fraction of sp³-hybridized carbons (Fsp3) is 0.538. The van der Waals surface area contributed by atoms with E-state index in [1.807, 2.05) is 20.8 Å². The highest BCUT2D eigenvalue weighted by Gasteiger charge is 2.13. The van der Waals surface area contributed by atoms with E-state index in [0.717, 1.165) is 0 Å². The normalized spacial score (nSPS) is 13.8. The Labute approximate surface area is 96.5 Å². The minimum absolute atomic E-state index is 0.0315. The maximum Gasteiger partial charge on any atom is 0.126 e. The van der Waals surface area contributed by atoms with Gasteiger partial charge in [0.2, 0.25) is 0 Å². The van der Waals surface area contributed by atoms with Crippen molar-refractivity contribution in [3.8, 4) is 0 Å². The molecule has 0 aliphatic rings. The molecule has 0 saturated carbocycles. The third kappa shape index (κ3) is 4.73. The van der Waals surface area contributed by atoms with Crippen LogP contribution in [0.25, 0.3) is 0 Å². The molecule has 90 valence electrons. The van der Waals surface area contributed by atoms with Crippen molar-refractivity contribution in [2.45, 2.75) is 38.8 Å². The minimum Gasteiger partial charge on any atom is -0.391 e. The van der Waals surface area contributed by atoms with Crippen molar-refractivity contribution in [2.24, 2.45) is 0 Å². The largest absolute Gasteiger partial charge is 0.391 e. The van der Waals surface area contributed by atoms with Gasteiger partial charge in [-0.2, -0.15) is 0 Å². The van der Waals surface area contributed by atoms with Gasteiger partial charge in [0.1, 0.15) is 5.82 Å². The second kappa shape index (κ2) is 5.41. The average molecular weight is 225 g/mol. The first-order valence-electron chi connectivity index (χ1n) is 5.55. The number of hydrogen-bond donors (Lipinski definition) is 2. The van der Waals surface area contributed by atoms with Gasteiger partial charge < -0.3 is 10.4 Å². The predicted molar refractivity (Wildman–Crippen MR) is 63.9 cm³/mol. The summed E-state index contributed by atoms with van der Waals surface area (Å²) in [6.45, 7) is 6.56. The third-order valence-corrected chi connectivity index (χ3v) is 2.28. The second-order valence-corrected chi connectivity index (χ2v) is 5.08. The first-order chi connectivity index (χ1) is 7.38. The highest BCUT2D eigenvalue weighted by atomic mass is 19.1. The van der Waals surface area contributed by atoms with Crippen molar-refractivity contribution < 1.29 is 9.50 Å². The molecule has 3 heteroatoms. The van der Waals surface area contributed by atoms with Gasteiger partial charge in [-0.15, -0.1) is 0 Å². The summed E-state index contributed by atoms with van der Waals surface area (Å²) in [7, 11) is 0. The Kier molecular flexibility index (Phi) is 4.44. The molecule has 1 aromatic carbocycles. The van der Waals surface area contributed by atoms with Crippen LogP contribution >= 0.6 is 0 Å². The van der Waals surface area contributed by atoms with Gasteiger partial charge in [0.05, 0.1) is 6.10 Å². The SMILES string of the molecule is CC(C)(C)NCC(O)Cc1ccccc1F. The number of aliphatic hydroxyl groups is 1. The van der Waals surface area contributed by atoms with E-state index >= 15 is 0 Å². The van der Waals surface area contributed by atoms with E-state index in [1.165, 1.54) is 6.07 Å². The molecular weight excluding hydrogens is 205 g/mol. The van der Waals surface area contributed by atoms with Crippen LogP contribution in [-0.2, 0) is 6.42 Å². The zero-order valence-corrected chi connectivity index (χ0v) is 10.1. The Hall–Kier alpha value is -0.930. The first kappa shape index (κ1) is 13.1. The highest BCUT2D eigenvalue weighted by molar-refractivity contribution is 5.18. The second-order valence-electron chi connectivity index (χ2n) is 5.08. The van der Waals surface area contributed by atoms with Crippen LogP contribution in [0.2, 0.25) is 0 Å². The van der Waals surface area contributed by atoms with E-state index in [0.29, 0.717) is 18.5 Å². The third-order valence-electron chi connectivity index (χ3n) is 2.28. The van der Waals surface area contributed by atoms with Gasteiger partial charge in [0.15, 0.2) is 0 Å². The zero-order valence-electron chi connectivity index (χ0n) is 10.1. The molecule has 0 spiro atoms. The van der Waals surface area contributed by atoms with Crippen LogP contribution in [0.5, 0.6) is 0 Å². The number of β-amino-alcohol motifs (C(OH)–C–C–N with tert-alkyl or cyclic N) is 1. The number of aliphatic hydroxyl groups excluding tert-OH is 1. The van der Waals surface area contributed by atoms with E-state index in [-0.39, 0.29) is 11.4 Å². The summed E-state index contributed by atoms with van der Waals surface area (Å²) in [5.74, 6) is -0.252. The van der Waals surface area contributed by atoms with E-state index < -0.39 is 6.10 Å². The Morgan fingerprint density at radius 2 is 1.94 bits per heavy atom. The lowest BCUT2D eigenvalue weighted by atomic mass is 10.1. The summed E-state index contributed by atoms with van der Waals surface area (Å²) in [5.41, 5.74) is 0.529. The molecule has 0 aliphatic heterocycles. The molecule has 1 rings (SSSR count). The molecule has 0 aromatic heterocycles. The molecule has 1 atom stereocenters. The zero-order chi connectivity index (χ0) is 12.2. The van der Waals surface area contributed by atoms with Crippen molar-refractivity contribution in [1.29, 1.82) is 0 Å². The summed E-state index contributed by atoms with van der Waals surface area (Å²) in [4.78, 5) is 0. The van der Waals surface area contributed by atoms with Crippen LogP contribution < -0.4 is 5.32 Å². The fourth-order valence-electron chi connectivity index (χ4n) is 1.41. The summed E-state index contributed by atoms with van der Waals surface area (Å²) in [5, 5.41) is 13.0. The first-order valence-corrected chi connectivity index (χ1v) is 5.55. The molecule has 16 heavy (non-hydrogen) atoms. The molecular formula is C13H20FNO. The molecule has 0 fully saturated rings. The van der Waals surface area contributed by atoms with Crippen molar-refractivity contribution >= 4 is 0 Å². The van der Waals surface area contributed by atoms with Gasteiger partial charge in [-0.1, -0.05) is 18.2 Å². The van der Waals surface area contributed by atoms with Crippen molar-refractivity contribution in [3.05, 3.63) is 35.6 Å². The molecule has 0 bridgehead atoms. The van der Waals surface area contributed by atoms with Gasteiger partial charge in [-0.05, 0) is 32.4 Å². The summed E-state index contributed by atoms with van der Waals surface area (Å²) >= 11 is 0. The van der Waals surface area contributed by atoms with E-state index in [4.69, 9.17) is 0 Å². The lowest BCUT2D eigenvalue weighted by Gasteiger charge is -2.23. The molecule has 0 radical (unpaired) electrons. The van der Waals surface area contributed by atoms with Gasteiger partial charge in [-0.25, -0.2) is 4.39 Å². The Bertz CT molecular complexity index is 333. The van der Waals surface area contributed by atoms with Crippen molar-refractivity contribution in [3.63, 3.8) is 0 Å². The Morgan fingerprint density at radius 3 is 2.50 bits per heavy atom. The Morgan fingerprint density at radius 1 is 1.31 bits per heavy atom. The van der Waals surface area contributed by atoms with Gasteiger partial charge in [-0.3, -0.25) is 0 Å². The molecule has 2 N–H and O–H groups in total. The topological polar surface area (TPSA) is 32.3 Å². The lowest BCUT2D eigenvalue weighted by Crippen LogP contribution is -2.41. The molecule has 1 unspecified atom stereocenters. The summed E-state index contributed by atoms with van der Waals surface area (Å²) < 4.78 is 13.3. The van der Waals surface area contributed by atoms with E-state index in [9.17, 15) is 9.50 Å². The molecule has 2 nitrogen and oxygen atoms in total. The standard InChI is InChI=1S/C13H20FNO/c1-13(2,3)15-9-11(16)8-10-6-4-5-7-12(10)14/h4-7,11,15-16H,8-9H2,1-3H3. The number of nitrogens with one attached hydrogen (secondary N) is 1. The lowest BCUT2D eigenvalue weighted by molar-refractivity contribution is 0.160. The maximum atomic E-state index is 13.3. The smallest absolute Gasteiger partial charge is 0.126 e. The van der Waals surface area contributed by atoms with Crippen LogP contribution in [0.4, 0.5) is 4.39 Å². The van der Waals surface area contributed by atoms with Crippen LogP contribution in [0.15, 0.2) is 24.3 Å². The average Bonchev–Trinajstić information content (AvgIpc) is 2.18. The molecule has 0 saturated heterocycles. The summed E-state index contributed by atoms with van der Waals surface area (Å²) in [6, 6.07) is 6.55. The predicted octanol–water partition coefficient (Wildman–Crippen LogP) is 2.12. The molecule has 1 aromatic rings. The van der Waals surface area contributed by atoms with Crippen LogP contribution in [0, 0.1) is 5.82 Å². The van der Waals surface area contributed by atoms with Crippen molar-refractivity contribution in [2.75, 3.05) is 6.54 Å². The van der Waals surface area contributed by atoms with Crippen LogP contribution in [0.1, 0.15) is 26.3 Å². The number of rotatable bonds is 4. The van der Waals surface area contributed by atoms with Gasteiger partial charge in [0.25, 0.3) is 0 Å². The van der Waals surface area contributed by atoms with Crippen LogP contribution in [-0.4, -0.2) is 23.3 Å². The summed E-state index contributed by atoms with van der Waals surface area (Å²) in [6.07, 6.45) is -0.216. The van der Waals surface area contributed by atoms with Gasteiger partial charge in [0, 0.05) is 18.5 Å². The van der Waals surface area contributed by atoms with E-state index in [2.05, 4.69) is 5.32 Å². The van der Waals surface area contributed by atoms with Crippen LogP contribution in [0.3, 0.4) is 0 Å². The fourth-order valence-corrected chi connectivity index (χ4v) is 1.41. The van der Waals surface area contributed by atoms with Crippen molar-refractivity contribution in [1.82, 2.24) is 5.32 Å². The molecule has 0 heterocycles. The highest BCUT2D eigenvalue weighted by Crippen LogP contribution is 2.09.